The predicted molar refractivity (Wildman–Crippen MR) is 85.8 cm³/mol. The highest BCUT2D eigenvalue weighted by Gasteiger charge is 2.12. The lowest BCUT2D eigenvalue weighted by Crippen LogP contribution is -2.26. The summed E-state index contributed by atoms with van der Waals surface area (Å²) in [5.41, 5.74) is 0.698. The van der Waals surface area contributed by atoms with Crippen molar-refractivity contribution in [2.45, 2.75) is 37.5 Å². The van der Waals surface area contributed by atoms with E-state index in [1.165, 1.54) is 0 Å². The van der Waals surface area contributed by atoms with Crippen LogP contribution in [-0.4, -0.2) is 29.8 Å². The second-order valence-corrected chi connectivity index (χ2v) is 5.80. The number of hydrogen-bond donors (Lipinski definition) is 2. The van der Waals surface area contributed by atoms with Crippen LogP contribution in [0.1, 0.15) is 43.0 Å². The molecule has 1 aromatic rings. The minimum absolute atomic E-state index is 0.0620. The highest BCUT2D eigenvalue weighted by Crippen LogP contribution is 2.20. The van der Waals surface area contributed by atoms with Crippen molar-refractivity contribution in [2.75, 3.05) is 12.8 Å². The minimum atomic E-state index is -0.758. The van der Waals surface area contributed by atoms with Gasteiger partial charge < -0.3 is 10.4 Å². The molecule has 2 N–H and O–H groups in total. The van der Waals surface area contributed by atoms with Crippen LogP contribution in [0, 0.1) is 5.92 Å². The molecule has 0 aliphatic rings. The molecule has 0 bridgehead atoms. The third-order valence-electron chi connectivity index (χ3n) is 3.53. The van der Waals surface area contributed by atoms with E-state index in [1.54, 1.807) is 11.8 Å². The Balaban J connectivity index is 2.43. The molecule has 21 heavy (non-hydrogen) atoms. The summed E-state index contributed by atoms with van der Waals surface area (Å²) in [6.07, 6.45) is 4.57. The first-order chi connectivity index (χ1) is 10.1. The van der Waals surface area contributed by atoms with Gasteiger partial charge >= 0.3 is 5.97 Å². The lowest BCUT2D eigenvalue weighted by atomic mass is 9.96. The summed E-state index contributed by atoms with van der Waals surface area (Å²) >= 11 is 1.55. The third-order valence-corrected chi connectivity index (χ3v) is 4.33. The Kier molecular flexibility index (Phi) is 7.90. The topological polar surface area (TPSA) is 66.4 Å². The van der Waals surface area contributed by atoms with Gasteiger partial charge in [-0.25, -0.2) is 0 Å². The molecule has 0 saturated heterocycles. The van der Waals surface area contributed by atoms with Crippen LogP contribution in [0.3, 0.4) is 0 Å². The van der Waals surface area contributed by atoms with Crippen LogP contribution in [0.25, 0.3) is 0 Å². The van der Waals surface area contributed by atoms with Crippen molar-refractivity contribution < 1.29 is 14.7 Å². The first-order valence-electron chi connectivity index (χ1n) is 7.21. The quantitative estimate of drug-likeness (QED) is 0.686. The Bertz CT molecular complexity index is 476. The van der Waals surface area contributed by atoms with Gasteiger partial charge in [-0.1, -0.05) is 25.5 Å². The van der Waals surface area contributed by atoms with Gasteiger partial charge in [0, 0.05) is 17.9 Å². The normalized spacial score (nSPS) is 11.9. The second-order valence-electron chi connectivity index (χ2n) is 4.95. The van der Waals surface area contributed by atoms with Crippen LogP contribution in [0.4, 0.5) is 0 Å². The van der Waals surface area contributed by atoms with Crippen LogP contribution in [0.15, 0.2) is 29.2 Å². The summed E-state index contributed by atoms with van der Waals surface area (Å²) in [6, 6.07) is 7.53. The van der Waals surface area contributed by atoms with Crippen LogP contribution in [-0.2, 0) is 4.79 Å². The third kappa shape index (κ3) is 6.21. The number of carboxylic acid groups (broad SMARTS) is 1. The van der Waals surface area contributed by atoms with E-state index in [9.17, 15) is 9.59 Å². The number of carbonyl (C=O) groups is 2. The van der Waals surface area contributed by atoms with E-state index >= 15 is 0 Å². The number of carboxylic acids is 1. The highest BCUT2D eigenvalue weighted by molar-refractivity contribution is 7.98. The number of thioether (sulfide) groups is 1. The smallest absolute Gasteiger partial charge is 0.303 e. The molecule has 0 aliphatic heterocycles. The number of amides is 1. The molecule has 0 aromatic heterocycles. The molecule has 0 radical (unpaired) electrons. The maximum absolute atomic E-state index is 12.1. The molecular weight excluding hydrogens is 286 g/mol. The van der Waals surface area contributed by atoms with E-state index in [-0.39, 0.29) is 12.3 Å². The Morgan fingerprint density at radius 1 is 1.29 bits per heavy atom. The van der Waals surface area contributed by atoms with E-state index in [1.807, 2.05) is 30.5 Å². The van der Waals surface area contributed by atoms with Gasteiger partial charge in [0.1, 0.15) is 0 Å². The Morgan fingerprint density at radius 3 is 2.62 bits per heavy atom. The van der Waals surface area contributed by atoms with Gasteiger partial charge in [-0.05, 0) is 37.1 Å². The number of hydrogen-bond acceptors (Lipinski definition) is 3. The summed E-state index contributed by atoms with van der Waals surface area (Å²) in [4.78, 5) is 23.7. The minimum Gasteiger partial charge on any atom is -0.481 e. The molecule has 1 rings (SSSR count). The molecule has 4 nitrogen and oxygen atoms in total. The molecule has 1 atom stereocenters. The van der Waals surface area contributed by atoms with Gasteiger partial charge in [0.2, 0.25) is 0 Å². The summed E-state index contributed by atoms with van der Waals surface area (Å²) < 4.78 is 0. The van der Waals surface area contributed by atoms with Gasteiger partial charge in [-0.2, -0.15) is 0 Å². The van der Waals surface area contributed by atoms with E-state index < -0.39 is 5.97 Å². The number of nitrogens with one attached hydrogen (secondary N) is 1. The van der Waals surface area contributed by atoms with Crippen LogP contribution in [0.2, 0.25) is 0 Å². The fraction of sp³-hybridized carbons (Fsp3) is 0.500. The predicted octanol–water partition coefficient (Wildman–Crippen LogP) is 3.42. The summed E-state index contributed by atoms with van der Waals surface area (Å²) in [5, 5.41) is 11.6. The monoisotopic (exact) mass is 309 g/mol. The summed E-state index contributed by atoms with van der Waals surface area (Å²) in [5.74, 6) is -0.475. The maximum Gasteiger partial charge on any atom is 0.303 e. The number of carbonyl (C=O) groups excluding carboxylic acids is 1. The average Bonchev–Trinajstić information content (AvgIpc) is 2.50. The number of rotatable bonds is 9. The molecule has 0 aliphatic carbocycles. The second kappa shape index (κ2) is 9.45. The van der Waals surface area contributed by atoms with Crippen LogP contribution >= 0.6 is 11.8 Å². The zero-order valence-electron chi connectivity index (χ0n) is 12.6. The van der Waals surface area contributed by atoms with Crippen molar-refractivity contribution >= 4 is 23.6 Å². The maximum atomic E-state index is 12.1. The Morgan fingerprint density at radius 2 is 2.00 bits per heavy atom. The van der Waals surface area contributed by atoms with Crippen molar-refractivity contribution in [3.63, 3.8) is 0 Å². The van der Waals surface area contributed by atoms with Crippen molar-refractivity contribution in [3.05, 3.63) is 29.8 Å². The molecule has 116 valence electrons. The number of aliphatic carboxylic acids is 1. The van der Waals surface area contributed by atoms with E-state index in [0.29, 0.717) is 24.4 Å². The molecule has 0 saturated carbocycles. The van der Waals surface area contributed by atoms with Gasteiger partial charge in [0.25, 0.3) is 5.91 Å². The summed E-state index contributed by atoms with van der Waals surface area (Å²) in [6.45, 7) is 2.64. The molecule has 5 heteroatoms. The van der Waals surface area contributed by atoms with Gasteiger partial charge in [-0.15, -0.1) is 11.8 Å². The van der Waals surface area contributed by atoms with E-state index in [2.05, 4.69) is 12.2 Å². The average molecular weight is 309 g/mol. The van der Waals surface area contributed by atoms with Crippen LogP contribution in [0.5, 0.6) is 0 Å². The molecule has 1 unspecified atom stereocenters. The van der Waals surface area contributed by atoms with Gasteiger partial charge in [0.05, 0.1) is 5.56 Å². The lowest BCUT2D eigenvalue weighted by Gasteiger charge is -2.14. The molecule has 0 heterocycles. The largest absolute Gasteiger partial charge is 0.481 e. The van der Waals surface area contributed by atoms with Gasteiger partial charge in [0.15, 0.2) is 0 Å². The standard InChI is InChI=1S/C16H23NO3S/c1-3-12(8-9-15(18)19)10-11-17-16(20)13-6-4-5-7-14(13)21-2/h4-7,12H,3,8-11H2,1-2H3,(H,17,20)(H,18,19). The first-order valence-corrected chi connectivity index (χ1v) is 8.44. The van der Waals surface area contributed by atoms with E-state index in [4.69, 9.17) is 5.11 Å². The fourth-order valence-corrected chi connectivity index (χ4v) is 2.79. The summed E-state index contributed by atoms with van der Waals surface area (Å²) in [7, 11) is 0. The Hall–Kier alpha value is -1.49. The first kappa shape index (κ1) is 17.6. The highest BCUT2D eigenvalue weighted by atomic mass is 32.2. The SMILES string of the molecule is CCC(CCNC(=O)c1ccccc1SC)CCC(=O)O. The fourth-order valence-electron chi connectivity index (χ4n) is 2.20. The molecule has 1 amide bonds. The zero-order chi connectivity index (χ0) is 15.7. The van der Waals surface area contributed by atoms with Gasteiger partial charge in [-0.3, -0.25) is 9.59 Å². The molecular formula is C16H23NO3S. The van der Waals surface area contributed by atoms with E-state index in [0.717, 1.165) is 17.7 Å². The molecule has 0 fully saturated rings. The molecule has 1 aromatic carbocycles. The lowest BCUT2D eigenvalue weighted by molar-refractivity contribution is -0.137. The number of benzene rings is 1. The van der Waals surface area contributed by atoms with Crippen molar-refractivity contribution in [1.82, 2.24) is 5.32 Å². The van der Waals surface area contributed by atoms with Crippen LogP contribution < -0.4 is 5.32 Å². The van der Waals surface area contributed by atoms with Crippen molar-refractivity contribution in [3.8, 4) is 0 Å². The molecule has 0 spiro atoms. The Labute approximate surface area is 130 Å². The zero-order valence-corrected chi connectivity index (χ0v) is 13.4. The van der Waals surface area contributed by atoms with Crippen molar-refractivity contribution in [2.24, 2.45) is 5.92 Å². The van der Waals surface area contributed by atoms with Crippen molar-refractivity contribution in [1.29, 1.82) is 0 Å².